The third-order valence-corrected chi connectivity index (χ3v) is 4.45. The predicted octanol–water partition coefficient (Wildman–Crippen LogP) is 1.89. The molecule has 6 heteroatoms. The van der Waals surface area contributed by atoms with E-state index in [2.05, 4.69) is 24.3 Å². The van der Waals surface area contributed by atoms with E-state index in [1.54, 1.807) is 17.8 Å². The minimum absolute atomic E-state index is 0.0298. The molecule has 120 valence electrons. The summed E-state index contributed by atoms with van der Waals surface area (Å²) in [5.74, 6) is 1.76. The Hall–Kier alpha value is -1.85. The molecule has 22 heavy (non-hydrogen) atoms. The van der Waals surface area contributed by atoms with Crippen molar-refractivity contribution in [3.05, 3.63) is 11.8 Å². The number of anilines is 1. The second-order valence-corrected chi connectivity index (χ2v) is 6.96. The minimum Gasteiger partial charge on any atom is -0.337 e. The first-order valence-electron chi connectivity index (χ1n) is 8.08. The van der Waals surface area contributed by atoms with E-state index in [-0.39, 0.29) is 17.7 Å². The van der Waals surface area contributed by atoms with E-state index >= 15 is 0 Å². The van der Waals surface area contributed by atoms with Gasteiger partial charge in [-0.2, -0.15) is 5.10 Å². The zero-order valence-electron chi connectivity index (χ0n) is 13.5. The number of aryl methyl sites for hydroxylation is 1. The molecule has 2 aliphatic rings. The second-order valence-electron chi connectivity index (χ2n) is 6.96. The van der Waals surface area contributed by atoms with Gasteiger partial charge in [-0.05, 0) is 31.1 Å². The number of carbonyl (C=O) groups excluding carboxylic acids is 2. The van der Waals surface area contributed by atoms with E-state index in [1.807, 2.05) is 4.90 Å². The van der Waals surface area contributed by atoms with Gasteiger partial charge in [-0.15, -0.1) is 0 Å². The van der Waals surface area contributed by atoms with Crippen molar-refractivity contribution < 1.29 is 9.59 Å². The van der Waals surface area contributed by atoms with Gasteiger partial charge in [0, 0.05) is 32.1 Å². The molecule has 2 atom stereocenters. The van der Waals surface area contributed by atoms with E-state index in [0.717, 1.165) is 32.4 Å². The Bertz CT molecular complexity index is 581. The lowest BCUT2D eigenvalue weighted by Gasteiger charge is -2.34. The highest BCUT2D eigenvalue weighted by molar-refractivity contribution is 5.96. The van der Waals surface area contributed by atoms with E-state index in [1.165, 1.54) is 0 Å². The monoisotopic (exact) mass is 304 g/mol. The van der Waals surface area contributed by atoms with Crippen molar-refractivity contribution in [3.63, 3.8) is 0 Å². The Morgan fingerprint density at radius 2 is 1.86 bits per heavy atom. The van der Waals surface area contributed by atoms with Gasteiger partial charge in [-0.1, -0.05) is 13.8 Å². The first-order valence-corrected chi connectivity index (χ1v) is 8.08. The summed E-state index contributed by atoms with van der Waals surface area (Å²) in [6, 6.07) is 1.69. The van der Waals surface area contributed by atoms with Gasteiger partial charge < -0.3 is 10.2 Å². The lowest BCUT2D eigenvalue weighted by molar-refractivity contribution is -0.117. The molecule has 2 fully saturated rings. The highest BCUT2D eigenvalue weighted by atomic mass is 16.2. The van der Waals surface area contributed by atoms with Crippen LogP contribution >= 0.6 is 0 Å². The third-order valence-electron chi connectivity index (χ3n) is 4.45. The molecule has 0 radical (unpaired) electrons. The summed E-state index contributed by atoms with van der Waals surface area (Å²) >= 11 is 0. The number of nitrogens with one attached hydrogen (secondary N) is 1. The van der Waals surface area contributed by atoms with Crippen molar-refractivity contribution in [1.82, 2.24) is 14.7 Å². The fourth-order valence-electron chi connectivity index (χ4n) is 3.25. The van der Waals surface area contributed by atoms with Crippen molar-refractivity contribution in [1.29, 1.82) is 0 Å². The molecule has 1 saturated heterocycles. The van der Waals surface area contributed by atoms with Gasteiger partial charge in [0.1, 0.15) is 5.82 Å². The van der Waals surface area contributed by atoms with Crippen LogP contribution in [0.1, 0.15) is 43.6 Å². The summed E-state index contributed by atoms with van der Waals surface area (Å²) < 4.78 is 1.57. The number of piperidine rings is 1. The van der Waals surface area contributed by atoms with Crippen LogP contribution in [0.5, 0.6) is 0 Å². The van der Waals surface area contributed by atoms with Crippen molar-refractivity contribution in [2.24, 2.45) is 24.8 Å². The minimum atomic E-state index is -0.0408. The molecule has 0 spiro atoms. The van der Waals surface area contributed by atoms with Gasteiger partial charge in [-0.3, -0.25) is 14.3 Å². The Kier molecular flexibility index (Phi) is 3.93. The lowest BCUT2D eigenvalue weighted by atomic mass is 9.92. The highest BCUT2D eigenvalue weighted by Gasteiger charge is 2.31. The number of carbonyl (C=O) groups is 2. The van der Waals surface area contributed by atoms with Crippen LogP contribution in [-0.2, 0) is 11.8 Å². The highest BCUT2D eigenvalue weighted by Crippen LogP contribution is 2.30. The molecular formula is C16H24N4O2. The molecule has 0 bridgehead atoms. The topological polar surface area (TPSA) is 67.2 Å². The molecule has 0 unspecified atom stereocenters. The molecule has 2 heterocycles. The van der Waals surface area contributed by atoms with Crippen LogP contribution < -0.4 is 5.32 Å². The Morgan fingerprint density at radius 3 is 2.45 bits per heavy atom. The molecule has 1 aliphatic heterocycles. The summed E-state index contributed by atoms with van der Waals surface area (Å²) in [5.41, 5.74) is 0.412. The zero-order valence-corrected chi connectivity index (χ0v) is 13.5. The summed E-state index contributed by atoms with van der Waals surface area (Å²) in [5, 5.41) is 7.14. The van der Waals surface area contributed by atoms with Crippen LogP contribution in [0.25, 0.3) is 0 Å². The standard InChI is InChI=1S/C16H24N4O2/c1-10-6-11(2)9-20(8-10)16(22)13-7-14(19(3)18-13)17-15(21)12-4-5-12/h7,10-12H,4-6,8-9H2,1-3H3,(H,17,21)/t10-,11+. The van der Waals surface area contributed by atoms with Crippen LogP contribution in [0.2, 0.25) is 0 Å². The smallest absolute Gasteiger partial charge is 0.274 e. The normalized spacial score (nSPS) is 25.1. The fraction of sp³-hybridized carbons (Fsp3) is 0.688. The van der Waals surface area contributed by atoms with Gasteiger partial charge in [0.15, 0.2) is 5.69 Å². The van der Waals surface area contributed by atoms with E-state index in [0.29, 0.717) is 23.3 Å². The maximum atomic E-state index is 12.6. The number of aromatic nitrogens is 2. The largest absolute Gasteiger partial charge is 0.337 e. The van der Waals surface area contributed by atoms with Crippen molar-refractivity contribution >= 4 is 17.6 Å². The first kappa shape index (κ1) is 15.1. The number of nitrogens with zero attached hydrogens (tertiary/aromatic N) is 3. The van der Waals surface area contributed by atoms with Crippen molar-refractivity contribution in [2.45, 2.75) is 33.1 Å². The molecule has 1 aromatic rings. The number of hydrogen-bond donors (Lipinski definition) is 1. The molecule has 1 N–H and O–H groups in total. The van der Waals surface area contributed by atoms with E-state index < -0.39 is 0 Å². The first-order chi connectivity index (χ1) is 10.4. The SMILES string of the molecule is C[C@@H]1C[C@H](C)CN(C(=O)c2cc(NC(=O)C3CC3)n(C)n2)C1. The molecular weight excluding hydrogens is 280 g/mol. The maximum absolute atomic E-state index is 12.6. The Labute approximate surface area is 130 Å². The molecule has 3 rings (SSSR count). The van der Waals surface area contributed by atoms with Gasteiger partial charge >= 0.3 is 0 Å². The molecule has 6 nitrogen and oxygen atoms in total. The van der Waals surface area contributed by atoms with Crippen LogP contribution in [0, 0.1) is 17.8 Å². The zero-order chi connectivity index (χ0) is 15.9. The average molecular weight is 304 g/mol. The number of rotatable bonds is 3. The van der Waals surface area contributed by atoms with Gasteiger partial charge in [0.05, 0.1) is 0 Å². The summed E-state index contributed by atoms with van der Waals surface area (Å²) in [6.45, 7) is 5.92. The summed E-state index contributed by atoms with van der Waals surface area (Å²) in [7, 11) is 1.75. The number of hydrogen-bond acceptors (Lipinski definition) is 3. The predicted molar refractivity (Wildman–Crippen MR) is 83.4 cm³/mol. The van der Waals surface area contributed by atoms with Gasteiger partial charge in [0.2, 0.25) is 5.91 Å². The Balaban J connectivity index is 1.71. The molecule has 1 aliphatic carbocycles. The van der Waals surface area contributed by atoms with Crippen LogP contribution in [-0.4, -0.2) is 39.6 Å². The number of amides is 2. The van der Waals surface area contributed by atoms with Gasteiger partial charge in [-0.25, -0.2) is 0 Å². The average Bonchev–Trinajstić information content (AvgIpc) is 3.23. The second kappa shape index (κ2) is 5.74. The van der Waals surface area contributed by atoms with Crippen LogP contribution in [0.3, 0.4) is 0 Å². The van der Waals surface area contributed by atoms with Crippen LogP contribution in [0.4, 0.5) is 5.82 Å². The van der Waals surface area contributed by atoms with Crippen LogP contribution in [0.15, 0.2) is 6.07 Å². The molecule has 0 aromatic carbocycles. The maximum Gasteiger partial charge on any atom is 0.274 e. The van der Waals surface area contributed by atoms with E-state index in [4.69, 9.17) is 0 Å². The van der Waals surface area contributed by atoms with Crippen molar-refractivity contribution in [2.75, 3.05) is 18.4 Å². The molecule has 2 amide bonds. The summed E-state index contributed by atoms with van der Waals surface area (Å²) in [6.07, 6.45) is 3.08. The molecule has 1 aromatic heterocycles. The lowest BCUT2D eigenvalue weighted by Crippen LogP contribution is -2.42. The summed E-state index contributed by atoms with van der Waals surface area (Å²) in [4.78, 5) is 26.4. The quantitative estimate of drug-likeness (QED) is 0.927. The number of likely N-dealkylation sites (tertiary alicyclic amines) is 1. The van der Waals surface area contributed by atoms with E-state index in [9.17, 15) is 9.59 Å². The fourth-order valence-corrected chi connectivity index (χ4v) is 3.25. The van der Waals surface area contributed by atoms with Gasteiger partial charge in [0.25, 0.3) is 5.91 Å². The van der Waals surface area contributed by atoms with Crippen molar-refractivity contribution in [3.8, 4) is 0 Å². The third kappa shape index (κ3) is 3.15. The Morgan fingerprint density at radius 1 is 1.23 bits per heavy atom. The molecule has 1 saturated carbocycles.